The Kier molecular flexibility index (Phi) is 5.29. The summed E-state index contributed by atoms with van der Waals surface area (Å²) < 4.78 is 5.02. The van der Waals surface area contributed by atoms with Gasteiger partial charge in [-0.3, -0.25) is 4.98 Å². The van der Waals surface area contributed by atoms with Crippen molar-refractivity contribution in [3.05, 3.63) is 24.0 Å². The van der Waals surface area contributed by atoms with Crippen LogP contribution in [0, 0.1) is 0 Å². The molecule has 0 radical (unpaired) electrons. The number of carbonyl (C=O) groups excluding carboxylic acids is 1. The van der Waals surface area contributed by atoms with Crippen LogP contribution in [0.4, 0.5) is 10.5 Å². The fourth-order valence-electron chi connectivity index (χ4n) is 1.51. The van der Waals surface area contributed by atoms with E-state index in [9.17, 15) is 15.0 Å². The van der Waals surface area contributed by atoms with Crippen molar-refractivity contribution in [1.29, 1.82) is 0 Å². The van der Waals surface area contributed by atoms with Gasteiger partial charge in [-0.05, 0) is 26.8 Å². The van der Waals surface area contributed by atoms with Crippen LogP contribution >= 0.6 is 0 Å². The number of aliphatic hydroxyl groups excluding tert-OH is 2. The molecule has 5 N–H and O–H groups in total. The average Bonchev–Trinajstić information content (AvgIpc) is 2.33. The first-order chi connectivity index (χ1) is 9.20. The molecule has 2 atom stereocenters. The predicted molar refractivity (Wildman–Crippen MR) is 73.9 cm³/mol. The number of pyridine rings is 1. The average molecular weight is 283 g/mol. The SMILES string of the molecule is CC(C)(C)OC(=O)NCC(O)C(O)c1ccncc1N. The zero-order chi connectivity index (χ0) is 15.3. The molecule has 1 rings (SSSR count). The van der Waals surface area contributed by atoms with Crippen molar-refractivity contribution in [2.45, 2.75) is 38.6 Å². The summed E-state index contributed by atoms with van der Waals surface area (Å²) in [6.45, 7) is 5.04. The maximum atomic E-state index is 11.4. The van der Waals surface area contributed by atoms with Gasteiger partial charge < -0.3 is 26.0 Å². The number of aliphatic hydroxyl groups is 2. The van der Waals surface area contributed by atoms with Crippen molar-refractivity contribution in [1.82, 2.24) is 10.3 Å². The number of carbonyl (C=O) groups is 1. The van der Waals surface area contributed by atoms with E-state index in [1.165, 1.54) is 18.5 Å². The van der Waals surface area contributed by atoms with Gasteiger partial charge in [-0.15, -0.1) is 0 Å². The zero-order valence-electron chi connectivity index (χ0n) is 11.8. The van der Waals surface area contributed by atoms with Gasteiger partial charge in [-0.25, -0.2) is 4.79 Å². The molecule has 2 unspecified atom stereocenters. The molecular formula is C13H21N3O4. The number of ether oxygens (including phenoxy) is 1. The van der Waals surface area contributed by atoms with Crippen molar-refractivity contribution >= 4 is 11.8 Å². The molecule has 0 saturated heterocycles. The molecule has 1 amide bonds. The molecule has 0 bridgehead atoms. The smallest absolute Gasteiger partial charge is 0.407 e. The Morgan fingerprint density at radius 1 is 1.50 bits per heavy atom. The van der Waals surface area contributed by atoms with Crippen LogP contribution in [-0.4, -0.2) is 39.5 Å². The molecule has 112 valence electrons. The van der Waals surface area contributed by atoms with Crippen LogP contribution in [0.3, 0.4) is 0 Å². The maximum Gasteiger partial charge on any atom is 0.407 e. The number of rotatable bonds is 4. The number of nitrogens with one attached hydrogen (secondary N) is 1. The highest BCUT2D eigenvalue weighted by Crippen LogP contribution is 2.21. The quantitative estimate of drug-likeness (QED) is 0.642. The molecule has 7 nitrogen and oxygen atoms in total. The minimum Gasteiger partial charge on any atom is -0.444 e. The van der Waals surface area contributed by atoms with Gasteiger partial charge in [0.05, 0.1) is 11.9 Å². The van der Waals surface area contributed by atoms with E-state index < -0.39 is 23.9 Å². The van der Waals surface area contributed by atoms with Crippen LogP contribution in [0.15, 0.2) is 18.5 Å². The van der Waals surface area contributed by atoms with Gasteiger partial charge in [0, 0.05) is 18.3 Å². The Morgan fingerprint density at radius 2 is 2.15 bits per heavy atom. The van der Waals surface area contributed by atoms with E-state index in [0.29, 0.717) is 5.56 Å². The number of alkyl carbamates (subject to hydrolysis) is 1. The molecule has 0 aliphatic heterocycles. The third-order valence-electron chi connectivity index (χ3n) is 2.42. The number of nitrogens with two attached hydrogens (primary N) is 1. The van der Waals surface area contributed by atoms with Crippen molar-refractivity contribution in [3.63, 3.8) is 0 Å². The van der Waals surface area contributed by atoms with E-state index >= 15 is 0 Å². The Balaban J connectivity index is 2.53. The predicted octanol–water partition coefficient (Wildman–Crippen LogP) is 0.583. The second kappa shape index (κ2) is 6.53. The maximum absolute atomic E-state index is 11.4. The lowest BCUT2D eigenvalue weighted by Gasteiger charge is -2.22. The second-order valence-corrected chi connectivity index (χ2v) is 5.40. The summed E-state index contributed by atoms with van der Waals surface area (Å²) in [5.74, 6) is 0. The Bertz CT molecular complexity index is 459. The summed E-state index contributed by atoms with van der Waals surface area (Å²) in [5.41, 5.74) is 5.67. The third kappa shape index (κ3) is 5.02. The summed E-state index contributed by atoms with van der Waals surface area (Å²) in [7, 11) is 0. The molecule has 1 heterocycles. The van der Waals surface area contributed by atoms with Gasteiger partial charge in [0.15, 0.2) is 0 Å². The van der Waals surface area contributed by atoms with Gasteiger partial charge >= 0.3 is 6.09 Å². The van der Waals surface area contributed by atoms with E-state index in [0.717, 1.165) is 0 Å². The highest BCUT2D eigenvalue weighted by molar-refractivity contribution is 5.67. The van der Waals surface area contributed by atoms with E-state index in [4.69, 9.17) is 10.5 Å². The van der Waals surface area contributed by atoms with Gasteiger partial charge in [-0.1, -0.05) is 0 Å². The molecule has 0 aromatic carbocycles. The number of hydrogen-bond acceptors (Lipinski definition) is 6. The molecule has 0 spiro atoms. The molecule has 1 aromatic heterocycles. The van der Waals surface area contributed by atoms with Crippen molar-refractivity contribution in [3.8, 4) is 0 Å². The van der Waals surface area contributed by atoms with Crippen LogP contribution < -0.4 is 11.1 Å². The fraction of sp³-hybridized carbons (Fsp3) is 0.538. The normalized spacial score (nSPS) is 14.4. The van der Waals surface area contributed by atoms with E-state index in [1.807, 2.05) is 0 Å². The van der Waals surface area contributed by atoms with Crippen LogP contribution in [0.25, 0.3) is 0 Å². The highest BCUT2D eigenvalue weighted by Gasteiger charge is 2.22. The Labute approximate surface area is 117 Å². The Hall–Kier alpha value is -1.86. The summed E-state index contributed by atoms with van der Waals surface area (Å²) >= 11 is 0. The van der Waals surface area contributed by atoms with Gasteiger partial charge in [0.25, 0.3) is 0 Å². The van der Waals surface area contributed by atoms with Gasteiger partial charge in [0.1, 0.15) is 17.8 Å². The first-order valence-corrected chi connectivity index (χ1v) is 6.23. The van der Waals surface area contributed by atoms with E-state index in [1.54, 1.807) is 20.8 Å². The van der Waals surface area contributed by atoms with Crippen LogP contribution in [-0.2, 0) is 4.74 Å². The van der Waals surface area contributed by atoms with Crippen molar-refractivity contribution < 1.29 is 19.7 Å². The molecule has 7 heteroatoms. The van der Waals surface area contributed by atoms with E-state index in [2.05, 4.69) is 10.3 Å². The number of amides is 1. The molecule has 0 fully saturated rings. The van der Waals surface area contributed by atoms with Crippen molar-refractivity contribution in [2.75, 3.05) is 12.3 Å². The standard InChI is InChI=1S/C13H21N3O4/c1-13(2,3)20-12(19)16-7-10(17)11(18)8-4-5-15-6-9(8)14/h4-6,10-11,17-18H,7,14H2,1-3H3,(H,16,19). The molecule has 20 heavy (non-hydrogen) atoms. The lowest BCUT2D eigenvalue weighted by molar-refractivity contribution is 0.0132. The van der Waals surface area contributed by atoms with Gasteiger partial charge in [-0.2, -0.15) is 0 Å². The van der Waals surface area contributed by atoms with Crippen LogP contribution in [0.1, 0.15) is 32.4 Å². The first-order valence-electron chi connectivity index (χ1n) is 6.23. The van der Waals surface area contributed by atoms with Crippen molar-refractivity contribution in [2.24, 2.45) is 0 Å². The number of aromatic nitrogens is 1. The summed E-state index contributed by atoms with van der Waals surface area (Å²) in [4.78, 5) is 15.2. The number of hydrogen-bond donors (Lipinski definition) is 4. The zero-order valence-corrected chi connectivity index (χ0v) is 11.8. The van der Waals surface area contributed by atoms with Crippen LogP contribution in [0.5, 0.6) is 0 Å². The Morgan fingerprint density at radius 3 is 2.70 bits per heavy atom. The highest BCUT2D eigenvalue weighted by atomic mass is 16.6. The lowest BCUT2D eigenvalue weighted by atomic mass is 10.0. The van der Waals surface area contributed by atoms with Crippen LogP contribution in [0.2, 0.25) is 0 Å². The first kappa shape index (κ1) is 16.2. The molecular weight excluding hydrogens is 262 g/mol. The molecule has 0 aliphatic carbocycles. The van der Waals surface area contributed by atoms with Gasteiger partial charge in [0.2, 0.25) is 0 Å². The molecule has 0 saturated carbocycles. The van der Waals surface area contributed by atoms with E-state index in [-0.39, 0.29) is 12.2 Å². The second-order valence-electron chi connectivity index (χ2n) is 5.40. The summed E-state index contributed by atoms with van der Waals surface area (Å²) in [5, 5.41) is 22.2. The summed E-state index contributed by atoms with van der Waals surface area (Å²) in [6, 6.07) is 1.51. The lowest BCUT2D eigenvalue weighted by Crippen LogP contribution is -2.39. The third-order valence-corrected chi connectivity index (χ3v) is 2.42. The number of nitrogen functional groups attached to an aromatic ring is 1. The molecule has 1 aromatic rings. The molecule has 0 aliphatic rings. The largest absolute Gasteiger partial charge is 0.444 e. The minimum absolute atomic E-state index is 0.155. The fourth-order valence-corrected chi connectivity index (χ4v) is 1.51. The monoisotopic (exact) mass is 283 g/mol. The summed E-state index contributed by atoms with van der Waals surface area (Å²) in [6.07, 6.45) is -0.234. The minimum atomic E-state index is -1.21. The topological polar surface area (TPSA) is 118 Å². The number of anilines is 1. The number of nitrogens with zero attached hydrogens (tertiary/aromatic N) is 1.